The standard InChI is InChI=1S/C17H21N5O2S/c23-16(19-11-14-12-22-6-9-25-17(22)20-14)15(13-2-1-3-18-10-13)21-4-7-24-8-5-21/h1-3,10,12,15H,4-9,11H2,(H,19,23). The van der Waals surface area contributed by atoms with Gasteiger partial charge in [-0.15, -0.1) is 0 Å². The average Bonchev–Trinajstić information content (AvgIpc) is 3.24. The molecule has 0 bridgehead atoms. The number of nitrogens with zero attached hydrogens (tertiary/aromatic N) is 4. The fraction of sp³-hybridized carbons (Fsp3) is 0.471. The van der Waals surface area contributed by atoms with Crippen LogP contribution in [-0.4, -0.2) is 57.4 Å². The zero-order valence-corrected chi connectivity index (χ0v) is 14.7. The van der Waals surface area contributed by atoms with E-state index in [1.807, 2.05) is 18.3 Å². The van der Waals surface area contributed by atoms with Crippen molar-refractivity contribution in [1.29, 1.82) is 0 Å². The zero-order chi connectivity index (χ0) is 17.1. The van der Waals surface area contributed by atoms with Crippen LogP contribution >= 0.6 is 11.8 Å². The van der Waals surface area contributed by atoms with Crippen LogP contribution in [0.5, 0.6) is 0 Å². The number of morpholine rings is 1. The summed E-state index contributed by atoms with van der Waals surface area (Å²) in [6.07, 6.45) is 5.52. The molecule has 0 aromatic carbocycles. The summed E-state index contributed by atoms with van der Waals surface area (Å²) in [4.78, 5) is 23.8. The number of rotatable bonds is 5. The van der Waals surface area contributed by atoms with Crippen LogP contribution in [0.25, 0.3) is 0 Å². The molecule has 1 saturated heterocycles. The number of ether oxygens (including phenoxy) is 1. The smallest absolute Gasteiger partial charge is 0.242 e. The molecule has 0 radical (unpaired) electrons. The van der Waals surface area contributed by atoms with E-state index in [0.717, 1.165) is 41.8 Å². The maximum atomic E-state index is 12.9. The number of carbonyl (C=O) groups is 1. The van der Waals surface area contributed by atoms with E-state index in [1.165, 1.54) is 0 Å². The summed E-state index contributed by atoms with van der Waals surface area (Å²) in [5, 5.41) is 4.09. The monoisotopic (exact) mass is 359 g/mol. The first-order valence-electron chi connectivity index (χ1n) is 8.49. The molecule has 2 aliphatic rings. The number of hydrogen-bond acceptors (Lipinski definition) is 6. The molecule has 7 nitrogen and oxygen atoms in total. The van der Waals surface area contributed by atoms with E-state index in [0.29, 0.717) is 19.8 Å². The Balaban J connectivity index is 1.46. The number of aromatic nitrogens is 3. The fourth-order valence-electron chi connectivity index (χ4n) is 3.22. The van der Waals surface area contributed by atoms with Gasteiger partial charge in [0.2, 0.25) is 5.91 Å². The van der Waals surface area contributed by atoms with E-state index >= 15 is 0 Å². The van der Waals surface area contributed by atoms with Crippen LogP contribution in [0.3, 0.4) is 0 Å². The molecule has 4 rings (SSSR count). The van der Waals surface area contributed by atoms with Crippen LogP contribution in [-0.2, 0) is 22.6 Å². The largest absolute Gasteiger partial charge is 0.379 e. The van der Waals surface area contributed by atoms with Gasteiger partial charge in [0.05, 0.1) is 25.5 Å². The summed E-state index contributed by atoms with van der Waals surface area (Å²) in [6.45, 7) is 4.21. The third-order valence-corrected chi connectivity index (χ3v) is 5.43. The van der Waals surface area contributed by atoms with Crippen LogP contribution in [0.15, 0.2) is 35.9 Å². The van der Waals surface area contributed by atoms with Gasteiger partial charge in [0.15, 0.2) is 5.16 Å². The van der Waals surface area contributed by atoms with Crippen LogP contribution in [0, 0.1) is 0 Å². The molecule has 1 amide bonds. The predicted molar refractivity (Wildman–Crippen MR) is 94.2 cm³/mol. The predicted octanol–water partition coefficient (Wildman–Crippen LogP) is 1.07. The Labute approximate surface area is 150 Å². The van der Waals surface area contributed by atoms with Crippen LogP contribution in [0.4, 0.5) is 0 Å². The highest BCUT2D eigenvalue weighted by Gasteiger charge is 2.29. The first-order valence-corrected chi connectivity index (χ1v) is 9.48. The Hall–Kier alpha value is -1.90. The van der Waals surface area contributed by atoms with Crippen molar-refractivity contribution in [3.63, 3.8) is 0 Å². The minimum absolute atomic E-state index is 0.0179. The molecule has 0 saturated carbocycles. The zero-order valence-electron chi connectivity index (χ0n) is 13.9. The van der Waals surface area contributed by atoms with Gasteiger partial charge in [0.25, 0.3) is 0 Å². The Morgan fingerprint density at radius 2 is 2.24 bits per heavy atom. The van der Waals surface area contributed by atoms with Gasteiger partial charge in [-0.3, -0.25) is 14.7 Å². The summed E-state index contributed by atoms with van der Waals surface area (Å²) < 4.78 is 7.57. The lowest BCUT2D eigenvalue weighted by Crippen LogP contribution is -2.45. The normalized spacial score (nSPS) is 18.7. The van der Waals surface area contributed by atoms with Crippen LogP contribution < -0.4 is 5.32 Å². The third-order valence-electron chi connectivity index (χ3n) is 4.46. The van der Waals surface area contributed by atoms with Crippen molar-refractivity contribution >= 4 is 17.7 Å². The molecule has 4 heterocycles. The van der Waals surface area contributed by atoms with Gasteiger partial charge in [-0.1, -0.05) is 17.8 Å². The summed E-state index contributed by atoms with van der Waals surface area (Å²) in [5.41, 5.74) is 1.81. The van der Waals surface area contributed by atoms with Crippen LogP contribution in [0.1, 0.15) is 17.3 Å². The maximum absolute atomic E-state index is 12.9. The topological polar surface area (TPSA) is 72.3 Å². The lowest BCUT2D eigenvalue weighted by Gasteiger charge is -2.33. The molecule has 0 aliphatic carbocycles. The van der Waals surface area contributed by atoms with Crippen molar-refractivity contribution in [2.75, 3.05) is 32.1 Å². The van der Waals surface area contributed by atoms with Crippen molar-refractivity contribution in [2.45, 2.75) is 24.3 Å². The molecule has 132 valence electrons. The molecule has 2 aromatic heterocycles. The number of nitrogens with one attached hydrogen (secondary N) is 1. The first kappa shape index (κ1) is 16.6. The fourth-order valence-corrected chi connectivity index (χ4v) is 4.18. The lowest BCUT2D eigenvalue weighted by atomic mass is 10.1. The number of imidazole rings is 1. The van der Waals surface area contributed by atoms with Crippen LogP contribution in [0.2, 0.25) is 0 Å². The van der Waals surface area contributed by atoms with E-state index in [1.54, 1.807) is 24.2 Å². The van der Waals surface area contributed by atoms with Gasteiger partial charge in [0.1, 0.15) is 6.04 Å². The molecule has 2 aromatic rings. The number of hydrogen-bond donors (Lipinski definition) is 1. The number of carbonyl (C=O) groups excluding carboxylic acids is 1. The molecular formula is C17H21N5O2S. The highest BCUT2D eigenvalue weighted by molar-refractivity contribution is 7.99. The van der Waals surface area contributed by atoms with Gasteiger partial charge in [-0.05, 0) is 11.6 Å². The SMILES string of the molecule is O=C(NCc1cn2c(n1)SCC2)C(c1cccnc1)N1CCOCC1. The molecule has 1 atom stereocenters. The molecule has 1 N–H and O–H groups in total. The number of pyridine rings is 1. The molecule has 8 heteroatoms. The molecule has 1 fully saturated rings. The highest BCUT2D eigenvalue weighted by atomic mass is 32.2. The van der Waals surface area contributed by atoms with Gasteiger partial charge in [-0.25, -0.2) is 4.98 Å². The van der Waals surface area contributed by atoms with E-state index < -0.39 is 0 Å². The highest BCUT2D eigenvalue weighted by Crippen LogP contribution is 2.25. The van der Waals surface area contributed by atoms with Crippen molar-refractivity contribution in [1.82, 2.24) is 24.8 Å². The van der Waals surface area contributed by atoms with E-state index in [-0.39, 0.29) is 11.9 Å². The van der Waals surface area contributed by atoms with Gasteiger partial charge >= 0.3 is 0 Å². The minimum Gasteiger partial charge on any atom is -0.379 e. The van der Waals surface area contributed by atoms with Gasteiger partial charge in [-0.2, -0.15) is 0 Å². The lowest BCUT2D eigenvalue weighted by molar-refractivity contribution is -0.128. The Morgan fingerprint density at radius 3 is 3.00 bits per heavy atom. The summed E-state index contributed by atoms with van der Waals surface area (Å²) >= 11 is 1.76. The summed E-state index contributed by atoms with van der Waals surface area (Å²) in [7, 11) is 0. The Kier molecular flexibility index (Phi) is 5.00. The molecule has 2 aliphatic heterocycles. The van der Waals surface area contributed by atoms with E-state index in [2.05, 4.69) is 24.8 Å². The Morgan fingerprint density at radius 1 is 1.36 bits per heavy atom. The summed E-state index contributed by atoms with van der Waals surface area (Å²) in [6, 6.07) is 3.48. The Bertz CT molecular complexity index is 708. The number of aryl methyl sites for hydroxylation is 1. The summed E-state index contributed by atoms with van der Waals surface area (Å²) in [5.74, 6) is 1.06. The second kappa shape index (κ2) is 7.55. The maximum Gasteiger partial charge on any atom is 0.242 e. The molecule has 0 spiro atoms. The molecule has 25 heavy (non-hydrogen) atoms. The number of thioether (sulfide) groups is 1. The number of fused-ring (bicyclic) bond motifs is 1. The van der Waals surface area contributed by atoms with Crippen molar-refractivity contribution in [2.24, 2.45) is 0 Å². The molecular weight excluding hydrogens is 338 g/mol. The average molecular weight is 359 g/mol. The van der Waals surface area contributed by atoms with E-state index in [9.17, 15) is 4.79 Å². The van der Waals surface area contributed by atoms with Crippen molar-refractivity contribution < 1.29 is 9.53 Å². The van der Waals surface area contributed by atoms with Crippen molar-refractivity contribution in [3.8, 4) is 0 Å². The van der Waals surface area contributed by atoms with Gasteiger partial charge in [0, 0.05) is 44.0 Å². The first-order chi connectivity index (χ1) is 12.3. The van der Waals surface area contributed by atoms with E-state index in [4.69, 9.17) is 4.74 Å². The second-order valence-corrected chi connectivity index (χ2v) is 7.17. The van der Waals surface area contributed by atoms with Gasteiger partial charge < -0.3 is 14.6 Å². The molecule has 1 unspecified atom stereocenters. The quantitative estimate of drug-likeness (QED) is 0.861. The number of amides is 1. The minimum atomic E-state index is -0.346. The second-order valence-electron chi connectivity index (χ2n) is 6.11. The third kappa shape index (κ3) is 3.70. The van der Waals surface area contributed by atoms with Crippen molar-refractivity contribution in [3.05, 3.63) is 42.0 Å².